The Morgan fingerprint density at radius 3 is 2.67 bits per heavy atom. The second-order valence-corrected chi connectivity index (χ2v) is 4.71. The number of aliphatic hydroxyl groups excluding tert-OH is 3. The summed E-state index contributed by atoms with van der Waals surface area (Å²) in [4.78, 5) is 0. The Kier molecular flexibility index (Phi) is 5.44. The summed E-state index contributed by atoms with van der Waals surface area (Å²) in [5.74, 6) is 0. The van der Waals surface area contributed by atoms with Crippen molar-refractivity contribution in [3.8, 4) is 6.07 Å². The molecular formula is C15H17NO5. The van der Waals surface area contributed by atoms with Crippen molar-refractivity contribution in [2.45, 2.75) is 30.7 Å². The number of rotatable bonds is 4. The maximum atomic E-state index is 10.1. The predicted molar refractivity (Wildman–Crippen MR) is 72.8 cm³/mol. The summed E-state index contributed by atoms with van der Waals surface area (Å²) in [5, 5.41) is 38.1. The number of nitrogens with zero attached hydrogens (tertiary/aromatic N) is 1. The fourth-order valence-corrected chi connectivity index (χ4v) is 2.10. The van der Waals surface area contributed by atoms with Gasteiger partial charge in [0, 0.05) is 11.6 Å². The molecule has 1 aromatic rings. The average molecular weight is 291 g/mol. The van der Waals surface area contributed by atoms with Gasteiger partial charge in [0.25, 0.3) is 0 Å². The highest BCUT2D eigenvalue weighted by Crippen LogP contribution is 2.28. The first-order valence-corrected chi connectivity index (χ1v) is 6.56. The SMILES string of the molecule is N#C/C=C/[C@H](O)[C@@H](O)[C@@H]1O[C@H](c2ccccc2)OC[C@H]1O. The third kappa shape index (κ3) is 3.88. The molecule has 5 atom stereocenters. The minimum absolute atomic E-state index is 0.0179. The molecule has 0 radical (unpaired) electrons. The third-order valence-electron chi connectivity index (χ3n) is 3.20. The Morgan fingerprint density at radius 1 is 1.29 bits per heavy atom. The predicted octanol–water partition coefficient (Wildman–Crippen LogP) is 0.263. The second kappa shape index (κ2) is 7.31. The topological polar surface area (TPSA) is 103 Å². The minimum atomic E-state index is -1.36. The first-order chi connectivity index (χ1) is 10.1. The zero-order chi connectivity index (χ0) is 15.2. The van der Waals surface area contributed by atoms with Crippen LogP contribution >= 0.6 is 0 Å². The summed E-state index contributed by atoms with van der Waals surface area (Å²) in [7, 11) is 0. The highest BCUT2D eigenvalue weighted by molar-refractivity contribution is 5.16. The van der Waals surface area contributed by atoms with Crippen LogP contribution in [0.4, 0.5) is 0 Å². The molecule has 0 unspecified atom stereocenters. The van der Waals surface area contributed by atoms with E-state index in [0.29, 0.717) is 0 Å². The Balaban J connectivity index is 2.08. The van der Waals surface area contributed by atoms with Gasteiger partial charge in [0.1, 0.15) is 24.4 Å². The van der Waals surface area contributed by atoms with Gasteiger partial charge in [-0.25, -0.2) is 0 Å². The maximum Gasteiger partial charge on any atom is 0.184 e. The van der Waals surface area contributed by atoms with E-state index < -0.39 is 30.7 Å². The second-order valence-electron chi connectivity index (χ2n) is 4.71. The molecule has 0 amide bonds. The zero-order valence-corrected chi connectivity index (χ0v) is 11.2. The van der Waals surface area contributed by atoms with Crippen LogP contribution in [0.5, 0.6) is 0 Å². The number of nitriles is 1. The van der Waals surface area contributed by atoms with Gasteiger partial charge in [-0.2, -0.15) is 5.26 Å². The lowest BCUT2D eigenvalue weighted by Gasteiger charge is -2.37. The molecular weight excluding hydrogens is 274 g/mol. The number of benzene rings is 1. The highest BCUT2D eigenvalue weighted by atomic mass is 16.7. The Hall–Kier alpha value is -1.75. The van der Waals surface area contributed by atoms with E-state index in [-0.39, 0.29) is 6.61 Å². The molecule has 1 aliphatic rings. The van der Waals surface area contributed by atoms with Crippen molar-refractivity contribution in [3.05, 3.63) is 48.0 Å². The van der Waals surface area contributed by atoms with E-state index in [4.69, 9.17) is 14.7 Å². The van der Waals surface area contributed by atoms with Crippen LogP contribution in [0.3, 0.4) is 0 Å². The molecule has 6 heteroatoms. The molecule has 0 aliphatic carbocycles. The van der Waals surface area contributed by atoms with E-state index in [0.717, 1.165) is 17.7 Å². The van der Waals surface area contributed by atoms with E-state index in [2.05, 4.69) is 0 Å². The molecule has 1 saturated heterocycles. The summed E-state index contributed by atoms with van der Waals surface area (Å²) < 4.78 is 10.9. The average Bonchev–Trinajstić information content (AvgIpc) is 2.53. The van der Waals surface area contributed by atoms with Crippen LogP contribution in [-0.4, -0.2) is 46.3 Å². The van der Waals surface area contributed by atoms with Gasteiger partial charge in [-0.3, -0.25) is 0 Å². The van der Waals surface area contributed by atoms with E-state index in [9.17, 15) is 15.3 Å². The van der Waals surface area contributed by atoms with Crippen molar-refractivity contribution in [2.24, 2.45) is 0 Å². The molecule has 3 N–H and O–H groups in total. The first-order valence-electron chi connectivity index (χ1n) is 6.56. The van der Waals surface area contributed by atoms with E-state index >= 15 is 0 Å². The van der Waals surface area contributed by atoms with Gasteiger partial charge in [-0.15, -0.1) is 0 Å². The molecule has 6 nitrogen and oxygen atoms in total. The van der Waals surface area contributed by atoms with E-state index in [1.165, 1.54) is 0 Å². The van der Waals surface area contributed by atoms with Crippen molar-refractivity contribution in [3.63, 3.8) is 0 Å². The molecule has 2 rings (SSSR count). The molecule has 0 bridgehead atoms. The third-order valence-corrected chi connectivity index (χ3v) is 3.20. The maximum absolute atomic E-state index is 10.1. The van der Waals surface area contributed by atoms with Crippen molar-refractivity contribution >= 4 is 0 Å². The summed E-state index contributed by atoms with van der Waals surface area (Å²) in [6.07, 6.45) is -3.26. The number of hydrogen-bond acceptors (Lipinski definition) is 6. The van der Waals surface area contributed by atoms with Crippen LogP contribution in [0, 0.1) is 11.3 Å². The molecule has 0 saturated carbocycles. The van der Waals surface area contributed by atoms with Gasteiger partial charge in [0.05, 0.1) is 12.7 Å². The van der Waals surface area contributed by atoms with Crippen LogP contribution in [0.1, 0.15) is 11.9 Å². The number of hydrogen-bond donors (Lipinski definition) is 3. The lowest BCUT2D eigenvalue weighted by Crippen LogP contribution is -2.51. The molecule has 1 aromatic carbocycles. The van der Waals surface area contributed by atoms with Crippen LogP contribution in [-0.2, 0) is 9.47 Å². The van der Waals surface area contributed by atoms with Crippen LogP contribution in [0.2, 0.25) is 0 Å². The van der Waals surface area contributed by atoms with Gasteiger partial charge >= 0.3 is 0 Å². The summed E-state index contributed by atoms with van der Waals surface area (Å²) >= 11 is 0. The minimum Gasteiger partial charge on any atom is -0.388 e. The quantitative estimate of drug-likeness (QED) is 0.688. The Bertz CT molecular complexity index is 513. The highest BCUT2D eigenvalue weighted by Gasteiger charge is 2.38. The van der Waals surface area contributed by atoms with Gasteiger partial charge < -0.3 is 24.8 Å². The molecule has 21 heavy (non-hydrogen) atoms. The van der Waals surface area contributed by atoms with Crippen molar-refractivity contribution < 1.29 is 24.8 Å². The summed E-state index contributed by atoms with van der Waals surface area (Å²) in [6.45, 7) is -0.0179. The van der Waals surface area contributed by atoms with Crippen LogP contribution in [0.25, 0.3) is 0 Å². The number of aliphatic hydroxyl groups is 3. The van der Waals surface area contributed by atoms with Crippen LogP contribution in [0.15, 0.2) is 42.5 Å². The molecule has 0 aromatic heterocycles. The fourth-order valence-electron chi connectivity index (χ4n) is 2.10. The van der Waals surface area contributed by atoms with Crippen molar-refractivity contribution in [1.82, 2.24) is 0 Å². The lowest BCUT2D eigenvalue weighted by molar-refractivity contribution is -0.281. The monoisotopic (exact) mass is 291 g/mol. The largest absolute Gasteiger partial charge is 0.388 e. The van der Waals surface area contributed by atoms with E-state index in [1.54, 1.807) is 18.2 Å². The summed E-state index contributed by atoms with van der Waals surface area (Å²) in [6, 6.07) is 10.8. The smallest absolute Gasteiger partial charge is 0.184 e. The molecule has 0 spiro atoms. The Morgan fingerprint density at radius 2 is 2.00 bits per heavy atom. The number of ether oxygens (including phenoxy) is 2. The van der Waals surface area contributed by atoms with E-state index in [1.807, 2.05) is 18.2 Å². The Labute approximate surface area is 122 Å². The van der Waals surface area contributed by atoms with Gasteiger partial charge in [-0.05, 0) is 6.08 Å². The lowest BCUT2D eigenvalue weighted by atomic mass is 10.0. The van der Waals surface area contributed by atoms with Crippen molar-refractivity contribution in [2.75, 3.05) is 6.61 Å². The molecule has 1 aliphatic heterocycles. The zero-order valence-electron chi connectivity index (χ0n) is 11.2. The first kappa shape index (κ1) is 15.6. The summed E-state index contributed by atoms with van der Waals surface area (Å²) in [5.41, 5.74) is 0.753. The van der Waals surface area contributed by atoms with Gasteiger partial charge in [0.15, 0.2) is 6.29 Å². The molecule has 1 fully saturated rings. The normalized spacial score (nSPS) is 29.0. The number of allylic oxidation sites excluding steroid dienone is 1. The van der Waals surface area contributed by atoms with Crippen molar-refractivity contribution in [1.29, 1.82) is 5.26 Å². The van der Waals surface area contributed by atoms with Gasteiger partial charge in [-0.1, -0.05) is 30.3 Å². The standard InChI is InChI=1S/C15H17NO5/c16-8-4-7-11(17)13(19)14-12(18)9-20-15(21-14)10-5-2-1-3-6-10/h1-7,11-15,17-19H,9H2/b7-4+/t11-,12+,13+,14+,15+/m0/s1. The fraction of sp³-hybridized carbons (Fsp3) is 0.400. The molecule has 112 valence electrons. The van der Waals surface area contributed by atoms with Crippen LogP contribution < -0.4 is 0 Å². The van der Waals surface area contributed by atoms with Gasteiger partial charge in [0.2, 0.25) is 0 Å². The molecule has 1 heterocycles.